The first kappa shape index (κ1) is 10.8. The van der Waals surface area contributed by atoms with Gasteiger partial charge in [-0.3, -0.25) is 4.68 Å². The van der Waals surface area contributed by atoms with Crippen LogP contribution in [0.5, 0.6) is 5.75 Å². The van der Waals surface area contributed by atoms with Crippen LogP contribution in [-0.4, -0.2) is 24.9 Å². The first-order valence-corrected chi connectivity index (χ1v) is 5.89. The number of aromatic amines is 1. The van der Waals surface area contributed by atoms with Crippen LogP contribution in [0.3, 0.4) is 0 Å². The molecule has 92 valence electrons. The molecule has 5 nitrogen and oxygen atoms in total. The van der Waals surface area contributed by atoms with E-state index in [-0.39, 0.29) is 5.75 Å². The first-order chi connectivity index (χ1) is 8.67. The fraction of sp³-hybridized carbons (Fsp3) is 0.231. The van der Waals surface area contributed by atoms with Crippen molar-refractivity contribution >= 4 is 11.0 Å². The van der Waals surface area contributed by atoms with Gasteiger partial charge in [-0.25, -0.2) is 4.98 Å². The number of aromatic hydroxyl groups is 1. The molecule has 2 heterocycles. The van der Waals surface area contributed by atoms with Crippen LogP contribution in [0.15, 0.2) is 24.3 Å². The minimum atomic E-state index is 0.233. The van der Waals surface area contributed by atoms with Gasteiger partial charge in [-0.05, 0) is 24.6 Å². The summed E-state index contributed by atoms with van der Waals surface area (Å²) in [5.41, 5.74) is 3.64. The quantitative estimate of drug-likeness (QED) is 0.724. The van der Waals surface area contributed by atoms with E-state index in [9.17, 15) is 5.11 Å². The predicted molar refractivity (Wildman–Crippen MR) is 69.3 cm³/mol. The summed E-state index contributed by atoms with van der Waals surface area (Å²) in [5, 5.41) is 13.8. The van der Waals surface area contributed by atoms with Crippen molar-refractivity contribution in [1.29, 1.82) is 0 Å². The van der Waals surface area contributed by atoms with E-state index in [0.29, 0.717) is 0 Å². The van der Waals surface area contributed by atoms with Crippen LogP contribution in [0.2, 0.25) is 0 Å². The summed E-state index contributed by atoms with van der Waals surface area (Å²) in [6.45, 7) is 2.07. The Morgan fingerprint density at radius 2 is 2.17 bits per heavy atom. The number of nitrogens with one attached hydrogen (secondary N) is 1. The Labute approximate surface area is 104 Å². The number of aromatic nitrogens is 4. The van der Waals surface area contributed by atoms with Crippen LogP contribution in [-0.2, 0) is 13.5 Å². The second-order valence-corrected chi connectivity index (χ2v) is 4.28. The van der Waals surface area contributed by atoms with E-state index in [4.69, 9.17) is 0 Å². The van der Waals surface area contributed by atoms with Crippen molar-refractivity contribution in [2.75, 3.05) is 0 Å². The molecule has 18 heavy (non-hydrogen) atoms. The zero-order valence-electron chi connectivity index (χ0n) is 10.3. The number of phenols is 1. The van der Waals surface area contributed by atoms with Crippen molar-refractivity contribution in [3.8, 4) is 17.3 Å². The maximum absolute atomic E-state index is 9.44. The molecule has 3 rings (SSSR count). The van der Waals surface area contributed by atoms with Gasteiger partial charge in [0.1, 0.15) is 11.4 Å². The molecule has 0 amide bonds. The van der Waals surface area contributed by atoms with Gasteiger partial charge in [0.2, 0.25) is 0 Å². The molecule has 0 aliphatic rings. The number of aryl methyl sites for hydroxylation is 2. The molecule has 0 saturated carbocycles. The van der Waals surface area contributed by atoms with E-state index in [1.165, 1.54) is 0 Å². The third-order valence-electron chi connectivity index (χ3n) is 3.00. The second-order valence-electron chi connectivity index (χ2n) is 4.28. The number of phenolic OH excluding ortho intramolecular Hbond substituents is 1. The third-order valence-corrected chi connectivity index (χ3v) is 3.00. The minimum Gasteiger partial charge on any atom is -0.508 e. The number of hydrogen-bond acceptors (Lipinski definition) is 3. The molecule has 2 aromatic heterocycles. The summed E-state index contributed by atoms with van der Waals surface area (Å²) >= 11 is 0. The molecule has 0 fully saturated rings. The molecule has 0 bridgehead atoms. The average Bonchev–Trinajstić information content (AvgIpc) is 2.91. The SMILES string of the molecule is CCc1cc(-c2nc3ccc(O)cc3[nH]2)n(C)n1. The number of benzene rings is 1. The monoisotopic (exact) mass is 242 g/mol. The fourth-order valence-electron chi connectivity index (χ4n) is 2.04. The van der Waals surface area contributed by atoms with Crippen molar-refractivity contribution in [3.63, 3.8) is 0 Å². The highest BCUT2D eigenvalue weighted by Crippen LogP contribution is 2.23. The predicted octanol–water partition coefficient (Wildman–Crippen LogP) is 2.23. The van der Waals surface area contributed by atoms with E-state index >= 15 is 0 Å². The third kappa shape index (κ3) is 1.64. The number of rotatable bonds is 2. The number of H-pyrrole nitrogens is 1. The molecule has 5 heteroatoms. The molecule has 0 spiro atoms. The van der Waals surface area contributed by atoms with Crippen LogP contribution in [0.25, 0.3) is 22.6 Å². The summed E-state index contributed by atoms with van der Waals surface area (Å²) in [6, 6.07) is 7.12. The van der Waals surface area contributed by atoms with Crippen LogP contribution in [0.1, 0.15) is 12.6 Å². The standard InChI is InChI=1S/C13H14N4O/c1-3-8-6-12(17(2)16-8)13-14-10-5-4-9(18)7-11(10)15-13/h4-7,18H,3H2,1-2H3,(H,14,15). The summed E-state index contributed by atoms with van der Waals surface area (Å²) < 4.78 is 1.82. The van der Waals surface area contributed by atoms with E-state index in [0.717, 1.165) is 34.7 Å². The van der Waals surface area contributed by atoms with Crippen molar-refractivity contribution in [2.45, 2.75) is 13.3 Å². The summed E-state index contributed by atoms with van der Waals surface area (Å²) in [7, 11) is 1.90. The first-order valence-electron chi connectivity index (χ1n) is 5.89. The lowest BCUT2D eigenvalue weighted by molar-refractivity contribution is 0.476. The molecule has 0 atom stereocenters. The minimum absolute atomic E-state index is 0.233. The number of hydrogen-bond donors (Lipinski definition) is 2. The van der Waals surface area contributed by atoms with Crippen molar-refractivity contribution in [2.24, 2.45) is 7.05 Å². The smallest absolute Gasteiger partial charge is 0.156 e. The van der Waals surface area contributed by atoms with Gasteiger partial charge in [-0.2, -0.15) is 5.10 Å². The topological polar surface area (TPSA) is 66.7 Å². The maximum Gasteiger partial charge on any atom is 0.156 e. The molecule has 3 aromatic rings. The van der Waals surface area contributed by atoms with Crippen LogP contribution in [0, 0.1) is 0 Å². The van der Waals surface area contributed by atoms with E-state index in [1.54, 1.807) is 18.2 Å². The van der Waals surface area contributed by atoms with Crippen LogP contribution in [0.4, 0.5) is 0 Å². The summed E-state index contributed by atoms with van der Waals surface area (Å²) in [5.74, 6) is 1.00. The van der Waals surface area contributed by atoms with Crippen LogP contribution >= 0.6 is 0 Å². The number of imidazole rings is 1. The van der Waals surface area contributed by atoms with Gasteiger partial charge in [-0.1, -0.05) is 6.92 Å². The zero-order valence-corrected chi connectivity index (χ0v) is 10.3. The highest BCUT2D eigenvalue weighted by molar-refractivity contribution is 5.80. The number of fused-ring (bicyclic) bond motifs is 1. The molecular weight excluding hydrogens is 228 g/mol. The molecule has 0 unspecified atom stereocenters. The highest BCUT2D eigenvalue weighted by Gasteiger charge is 2.11. The average molecular weight is 242 g/mol. The van der Waals surface area contributed by atoms with Crippen molar-refractivity contribution < 1.29 is 5.11 Å². The molecule has 0 aliphatic heterocycles. The Balaban J connectivity index is 2.15. The van der Waals surface area contributed by atoms with Gasteiger partial charge >= 0.3 is 0 Å². The largest absolute Gasteiger partial charge is 0.508 e. The molecular formula is C13H14N4O. The van der Waals surface area contributed by atoms with Gasteiger partial charge in [0.15, 0.2) is 5.82 Å². The normalized spacial score (nSPS) is 11.2. The molecule has 0 aliphatic carbocycles. The molecule has 2 N–H and O–H groups in total. The second kappa shape index (κ2) is 3.87. The van der Waals surface area contributed by atoms with Gasteiger partial charge < -0.3 is 10.1 Å². The van der Waals surface area contributed by atoms with Gasteiger partial charge in [0.05, 0.1) is 16.7 Å². The summed E-state index contributed by atoms with van der Waals surface area (Å²) in [4.78, 5) is 7.70. The number of nitrogens with zero attached hydrogens (tertiary/aromatic N) is 3. The van der Waals surface area contributed by atoms with Crippen LogP contribution < -0.4 is 0 Å². The van der Waals surface area contributed by atoms with Gasteiger partial charge in [0, 0.05) is 13.1 Å². The van der Waals surface area contributed by atoms with E-state index in [1.807, 2.05) is 17.8 Å². The lowest BCUT2D eigenvalue weighted by atomic mass is 10.3. The Morgan fingerprint density at radius 1 is 1.33 bits per heavy atom. The Morgan fingerprint density at radius 3 is 2.89 bits per heavy atom. The lowest BCUT2D eigenvalue weighted by Gasteiger charge is -1.95. The van der Waals surface area contributed by atoms with Gasteiger partial charge in [-0.15, -0.1) is 0 Å². The van der Waals surface area contributed by atoms with Gasteiger partial charge in [0.25, 0.3) is 0 Å². The van der Waals surface area contributed by atoms with Crippen molar-refractivity contribution in [1.82, 2.24) is 19.7 Å². The molecule has 0 radical (unpaired) electrons. The van der Waals surface area contributed by atoms with E-state index in [2.05, 4.69) is 22.0 Å². The molecule has 0 saturated heterocycles. The fourth-order valence-corrected chi connectivity index (χ4v) is 2.04. The lowest BCUT2D eigenvalue weighted by Crippen LogP contribution is -1.95. The highest BCUT2D eigenvalue weighted by atomic mass is 16.3. The maximum atomic E-state index is 9.44. The zero-order chi connectivity index (χ0) is 12.7. The Bertz CT molecular complexity index is 711. The van der Waals surface area contributed by atoms with E-state index < -0.39 is 0 Å². The Hall–Kier alpha value is -2.30. The summed E-state index contributed by atoms with van der Waals surface area (Å²) in [6.07, 6.45) is 0.898. The van der Waals surface area contributed by atoms with Crippen molar-refractivity contribution in [3.05, 3.63) is 30.0 Å². The molecule has 1 aromatic carbocycles. The Kier molecular flexibility index (Phi) is 2.33.